The van der Waals surface area contributed by atoms with Crippen molar-refractivity contribution in [3.05, 3.63) is 64.6 Å². The van der Waals surface area contributed by atoms with Crippen LogP contribution < -0.4 is 0 Å². The summed E-state index contributed by atoms with van der Waals surface area (Å²) in [6.45, 7) is 1.87. The minimum Gasteiger partial charge on any atom is -0.573 e. The number of hydrogen-bond donors (Lipinski definition) is 0. The van der Waals surface area contributed by atoms with E-state index in [0.717, 1.165) is 5.56 Å². The molecule has 0 radical (unpaired) electrons. The van der Waals surface area contributed by atoms with Crippen LogP contribution in [0.1, 0.15) is 5.56 Å². The van der Waals surface area contributed by atoms with Gasteiger partial charge in [0.05, 0.1) is 4.90 Å². The van der Waals surface area contributed by atoms with Crippen molar-refractivity contribution in [2.45, 2.75) is 11.8 Å². The van der Waals surface area contributed by atoms with Gasteiger partial charge in [-0.05, 0) is 31.2 Å². The molecular weight excluding hydrogens is 253 g/mol. The van der Waals surface area contributed by atoms with Gasteiger partial charge in [-0.1, -0.05) is 29.8 Å². The molecule has 94 valence electrons. The minimum absolute atomic E-state index is 0.123. The van der Waals surface area contributed by atoms with Crippen molar-refractivity contribution in [3.8, 4) is 0 Å². The van der Waals surface area contributed by atoms with E-state index in [1.165, 1.54) is 36.4 Å². The molecule has 0 heterocycles. The summed E-state index contributed by atoms with van der Waals surface area (Å²) < 4.78 is 40.2. The summed E-state index contributed by atoms with van der Waals surface area (Å²) in [6, 6.07) is 11.4. The molecule has 0 atom stereocenters. The fraction of sp³-hybridized carbons (Fsp3) is 0.0769. The summed E-state index contributed by atoms with van der Waals surface area (Å²) in [4.78, 5) is 0.123. The average Bonchev–Trinajstić information content (AvgIpc) is 2.32. The van der Waals surface area contributed by atoms with Crippen molar-refractivity contribution in [3.63, 3.8) is 0 Å². The van der Waals surface area contributed by atoms with Gasteiger partial charge in [0.1, 0.15) is 15.8 Å². The molecule has 0 spiro atoms. The zero-order valence-electron chi connectivity index (χ0n) is 9.67. The number of halogens is 1. The first kappa shape index (κ1) is 12.6. The number of benzene rings is 2. The number of rotatable bonds is 3. The van der Waals surface area contributed by atoms with E-state index in [1.807, 2.05) is 6.92 Å². The largest absolute Gasteiger partial charge is 0.573 e. The predicted molar refractivity (Wildman–Crippen MR) is 67.8 cm³/mol. The van der Waals surface area contributed by atoms with Crippen molar-refractivity contribution < 1.29 is 12.8 Å². The van der Waals surface area contributed by atoms with E-state index in [1.54, 1.807) is 12.1 Å². The van der Waals surface area contributed by atoms with Crippen LogP contribution in [0.4, 0.5) is 10.1 Å². The lowest BCUT2D eigenvalue weighted by atomic mass is 10.2. The van der Waals surface area contributed by atoms with Crippen LogP contribution in [-0.4, -0.2) is 8.42 Å². The monoisotopic (exact) mass is 264 g/mol. The predicted octanol–water partition coefficient (Wildman–Crippen LogP) is 3.53. The Hall–Kier alpha value is -1.88. The molecule has 3 nitrogen and oxygen atoms in total. The van der Waals surface area contributed by atoms with Crippen LogP contribution in [-0.2, 0) is 10.0 Å². The second kappa shape index (κ2) is 4.78. The molecule has 2 rings (SSSR count). The zero-order chi connectivity index (χ0) is 13.2. The van der Waals surface area contributed by atoms with Gasteiger partial charge in [-0.15, -0.1) is 5.69 Å². The lowest BCUT2D eigenvalue weighted by Crippen LogP contribution is -1.97. The van der Waals surface area contributed by atoms with Crippen molar-refractivity contribution in [2.24, 2.45) is 0 Å². The molecule has 0 aliphatic carbocycles. The summed E-state index contributed by atoms with van der Waals surface area (Å²) in [5, 5.41) is 0. The highest BCUT2D eigenvalue weighted by Crippen LogP contribution is 2.27. The molecular formula is C13H11FNO2S-. The molecule has 0 bridgehead atoms. The maximum Gasteiger partial charge on any atom is 0.123 e. The Balaban J connectivity index is 2.27. The first-order valence-electron chi connectivity index (χ1n) is 5.28. The SMILES string of the molecule is Cc1ccc(S(=O)(=O)[N-]c2ccc(F)cc2)cc1. The second-order valence-corrected chi connectivity index (χ2v) is 5.46. The van der Waals surface area contributed by atoms with Gasteiger partial charge < -0.3 is 4.72 Å². The first-order chi connectivity index (χ1) is 8.47. The smallest absolute Gasteiger partial charge is 0.123 e. The maximum absolute atomic E-state index is 12.7. The van der Waals surface area contributed by atoms with E-state index >= 15 is 0 Å². The van der Waals surface area contributed by atoms with Gasteiger partial charge in [0, 0.05) is 0 Å². The van der Waals surface area contributed by atoms with Gasteiger partial charge in [-0.25, -0.2) is 12.8 Å². The third kappa shape index (κ3) is 2.87. The van der Waals surface area contributed by atoms with Crippen LogP contribution in [0.25, 0.3) is 4.72 Å². The molecule has 0 saturated carbocycles. The molecule has 18 heavy (non-hydrogen) atoms. The molecule has 0 aliphatic rings. The van der Waals surface area contributed by atoms with Crippen LogP contribution in [0.3, 0.4) is 0 Å². The van der Waals surface area contributed by atoms with Crippen molar-refractivity contribution >= 4 is 15.7 Å². The number of sulfonamides is 1. The lowest BCUT2D eigenvalue weighted by Gasteiger charge is -2.21. The van der Waals surface area contributed by atoms with Crippen LogP contribution >= 0.6 is 0 Å². The van der Waals surface area contributed by atoms with Gasteiger partial charge in [0.15, 0.2) is 0 Å². The van der Waals surface area contributed by atoms with E-state index in [4.69, 9.17) is 0 Å². The van der Waals surface area contributed by atoms with Crippen LogP contribution in [0.15, 0.2) is 53.4 Å². The third-order valence-corrected chi connectivity index (χ3v) is 3.69. The summed E-state index contributed by atoms with van der Waals surface area (Å²) in [6.07, 6.45) is 0. The molecule has 0 saturated heterocycles. The lowest BCUT2D eigenvalue weighted by molar-refractivity contribution is 0.603. The molecule has 0 aliphatic heterocycles. The Bertz CT molecular complexity index is 634. The third-order valence-electron chi connectivity index (χ3n) is 2.37. The van der Waals surface area contributed by atoms with E-state index < -0.39 is 15.8 Å². The molecule has 0 aromatic heterocycles. The molecule has 0 N–H and O–H groups in total. The summed E-state index contributed by atoms with van der Waals surface area (Å²) in [5.74, 6) is -0.429. The fourth-order valence-corrected chi connectivity index (χ4v) is 2.39. The molecule has 2 aromatic rings. The number of aryl methyl sites for hydroxylation is 1. The zero-order valence-corrected chi connectivity index (χ0v) is 10.5. The highest BCUT2D eigenvalue weighted by Gasteiger charge is 2.03. The van der Waals surface area contributed by atoms with Gasteiger partial charge in [0.25, 0.3) is 0 Å². The maximum atomic E-state index is 12.7. The number of nitrogens with zero attached hydrogens (tertiary/aromatic N) is 1. The van der Waals surface area contributed by atoms with Crippen molar-refractivity contribution in [1.29, 1.82) is 0 Å². The molecule has 5 heteroatoms. The molecule has 0 fully saturated rings. The van der Waals surface area contributed by atoms with E-state index in [0.29, 0.717) is 0 Å². The van der Waals surface area contributed by atoms with E-state index in [9.17, 15) is 12.8 Å². The van der Waals surface area contributed by atoms with Gasteiger partial charge >= 0.3 is 0 Å². The fourth-order valence-electron chi connectivity index (χ4n) is 1.40. The van der Waals surface area contributed by atoms with Gasteiger partial charge in [0.2, 0.25) is 0 Å². The molecule has 2 aromatic carbocycles. The normalized spacial score (nSPS) is 11.2. The quantitative estimate of drug-likeness (QED) is 0.851. The minimum atomic E-state index is -3.74. The average molecular weight is 264 g/mol. The highest BCUT2D eigenvalue weighted by atomic mass is 32.2. The van der Waals surface area contributed by atoms with Crippen molar-refractivity contribution in [2.75, 3.05) is 0 Å². The summed E-state index contributed by atoms with van der Waals surface area (Å²) >= 11 is 0. The standard InChI is InChI=1S/C13H11FNO2S/c1-10-2-8-13(9-3-10)18(16,17)15-12-6-4-11(14)5-7-12/h2-9H,1H3/q-1. The Kier molecular flexibility index (Phi) is 3.34. The van der Waals surface area contributed by atoms with Crippen LogP contribution in [0, 0.1) is 12.7 Å². The number of hydrogen-bond acceptors (Lipinski definition) is 2. The Morgan fingerprint density at radius 1 is 0.944 bits per heavy atom. The Morgan fingerprint density at radius 2 is 1.50 bits per heavy atom. The summed E-state index contributed by atoms with van der Waals surface area (Å²) in [5.41, 5.74) is 1.17. The topological polar surface area (TPSA) is 48.2 Å². The van der Waals surface area contributed by atoms with E-state index in [-0.39, 0.29) is 10.6 Å². The molecule has 0 amide bonds. The Labute approximate surface area is 105 Å². The van der Waals surface area contributed by atoms with Crippen LogP contribution in [0.5, 0.6) is 0 Å². The van der Waals surface area contributed by atoms with Gasteiger partial charge in [-0.2, -0.15) is 0 Å². The van der Waals surface area contributed by atoms with Gasteiger partial charge in [-0.3, -0.25) is 0 Å². The van der Waals surface area contributed by atoms with Crippen molar-refractivity contribution in [1.82, 2.24) is 0 Å². The van der Waals surface area contributed by atoms with E-state index in [2.05, 4.69) is 4.72 Å². The van der Waals surface area contributed by atoms with Crippen LogP contribution in [0.2, 0.25) is 0 Å². The first-order valence-corrected chi connectivity index (χ1v) is 6.72. The Morgan fingerprint density at radius 3 is 2.06 bits per heavy atom. The molecule has 0 unspecified atom stereocenters. The second-order valence-electron chi connectivity index (χ2n) is 3.86. The summed E-state index contributed by atoms with van der Waals surface area (Å²) in [7, 11) is -3.74. The highest BCUT2D eigenvalue weighted by molar-refractivity contribution is 7.94.